The molecule has 0 radical (unpaired) electrons. The standard InChI is InChI=1S/C13H10ClFN2O2/c1-6-10(16)9(15)12(17-11(6)13(18)19)7-2-4-8(14)5-3-7/h2-5H,1H3,(H2,16,17)(H,18,19). The van der Waals surface area contributed by atoms with E-state index < -0.39 is 11.8 Å². The van der Waals surface area contributed by atoms with Crippen LogP contribution in [0.4, 0.5) is 10.1 Å². The highest BCUT2D eigenvalue weighted by molar-refractivity contribution is 6.30. The van der Waals surface area contributed by atoms with Gasteiger partial charge in [-0.15, -0.1) is 0 Å². The van der Waals surface area contributed by atoms with Crippen LogP contribution in [0, 0.1) is 12.7 Å². The van der Waals surface area contributed by atoms with Crippen molar-refractivity contribution in [2.75, 3.05) is 5.73 Å². The molecule has 0 amide bonds. The van der Waals surface area contributed by atoms with Crippen LogP contribution in [0.1, 0.15) is 16.1 Å². The number of hydrogen-bond donors (Lipinski definition) is 2. The number of pyridine rings is 1. The molecule has 1 aromatic carbocycles. The minimum atomic E-state index is -1.25. The molecule has 0 atom stereocenters. The smallest absolute Gasteiger partial charge is 0.354 e. The fourth-order valence-electron chi connectivity index (χ4n) is 1.67. The summed E-state index contributed by atoms with van der Waals surface area (Å²) in [5, 5.41) is 9.52. The molecule has 4 nitrogen and oxygen atoms in total. The van der Waals surface area contributed by atoms with Crippen molar-refractivity contribution in [1.82, 2.24) is 4.98 Å². The lowest BCUT2D eigenvalue weighted by molar-refractivity contribution is 0.0689. The fourth-order valence-corrected chi connectivity index (χ4v) is 1.80. The van der Waals surface area contributed by atoms with Gasteiger partial charge in [0.05, 0.1) is 5.69 Å². The number of hydrogen-bond acceptors (Lipinski definition) is 3. The Kier molecular flexibility index (Phi) is 3.40. The van der Waals surface area contributed by atoms with E-state index in [0.717, 1.165) is 0 Å². The van der Waals surface area contributed by atoms with Crippen molar-refractivity contribution in [1.29, 1.82) is 0 Å². The van der Waals surface area contributed by atoms with Crippen molar-refractivity contribution in [2.45, 2.75) is 6.92 Å². The molecule has 0 aliphatic rings. The van der Waals surface area contributed by atoms with Gasteiger partial charge in [0, 0.05) is 16.1 Å². The van der Waals surface area contributed by atoms with Crippen LogP contribution >= 0.6 is 11.6 Å². The minimum Gasteiger partial charge on any atom is -0.477 e. The van der Waals surface area contributed by atoms with Gasteiger partial charge in [-0.25, -0.2) is 14.2 Å². The number of nitrogens with zero attached hydrogens (tertiary/aromatic N) is 1. The van der Waals surface area contributed by atoms with Gasteiger partial charge in [-0.05, 0) is 19.1 Å². The number of carboxylic acid groups (broad SMARTS) is 1. The van der Waals surface area contributed by atoms with Crippen molar-refractivity contribution >= 4 is 23.3 Å². The Hall–Kier alpha value is -2.14. The van der Waals surface area contributed by atoms with Gasteiger partial charge in [0.25, 0.3) is 0 Å². The third-order valence-corrected chi connectivity index (χ3v) is 3.00. The van der Waals surface area contributed by atoms with Crippen molar-refractivity contribution < 1.29 is 14.3 Å². The second-order valence-electron chi connectivity index (χ2n) is 3.97. The van der Waals surface area contributed by atoms with Crippen LogP contribution in [-0.4, -0.2) is 16.1 Å². The number of carbonyl (C=O) groups is 1. The molecule has 0 saturated heterocycles. The highest BCUT2D eigenvalue weighted by Gasteiger charge is 2.20. The average molecular weight is 281 g/mol. The maximum absolute atomic E-state index is 14.1. The first-order valence-electron chi connectivity index (χ1n) is 5.36. The largest absolute Gasteiger partial charge is 0.477 e. The van der Waals surface area contributed by atoms with Crippen LogP contribution < -0.4 is 5.73 Å². The summed E-state index contributed by atoms with van der Waals surface area (Å²) in [6.45, 7) is 1.42. The normalized spacial score (nSPS) is 10.5. The number of halogens is 2. The maximum Gasteiger partial charge on any atom is 0.354 e. The molecule has 0 unspecified atom stereocenters. The van der Waals surface area contributed by atoms with E-state index in [1.54, 1.807) is 24.3 Å². The molecule has 19 heavy (non-hydrogen) atoms. The summed E-state index contributed by atoms with van der Waals surface area (Å²) in [6, 6.07) is 6.23. The van der Waals surface area contributed by atoms with Gasteiger partial charge < -0.3 is 10.8 Å². The van der Waals surface area contributed by atoms with Gasteiger partial charge in [-0.2, -0.15) is 0 Å². The van der Waals surface area contributed by atoms with Gasteiger partial charge in [0.1, 0.15) is 5.69 Å². The van der Waals surface area contributed by atoms with Crippen LogP contribution in [0.15, 0.2) is 24.3 Å². The van der Waals surface area contributed by atoms with E-state index in [2.05, 4.69) is 4.98 Å². The van der Waals surface area contributed by atoms with Gasteiger partial charge in [0.15, 0.2) is 11.5 Å². The molecular weight excluding hydrogens is 271 g/mol. The molecule has 98 valence electrons. The highest BCUT2D eigenvalue weighted by Crippen LogP contribution is 2.29. The summed E-state index contributed by atoms with van der Waals surface area (Å²) < 4.78 is 14.1. The number of anilines is 1. The van der Waals surface area contributed by atoms with Crippen molar-refractivity contribution in [3.05, 3.63) is 46.4 Å². The number of aromatic carboxylic acids is 1. The Morgan fingerprint density at radius 2 is 1.95 bits per heavy atom. The molecule has 6 heteroatoms. The maximum atomic E-state index is 14.1. The number of nitrogens with two attached hydrogens (primary N) is 1. The fraction of sp³-hybridized carbons (Fsp3) is 0.0769. The molecular formula is C13H10ClFN2O2. The molecule has 0 saturated carbocycles. The Morgan fingerprint density at radius 1 is 1.37 bits per heavy atom. The zero-order valence-corrected chi connectivity index (χ0v) is 10.7. The number of rotatable bonds is 2. The quantitative estimate of drug-likeness (QED) is 0.886. The van der Waals surface area contributed by atoms with E-state index in [1.165, 1.54) is 6.92 Å². The van der Waals surface area contributed by atoms with Crippen LogP contribution in [0.5, 0.6) is 0 Å². The number of carboxylic acids is 1. The average Bonchev–Trinajstić information content (AvgIpc) is 2.37. The summed E-state index contributed by atoms with van der Waals surface area (Å²) in [7, 11) is 0. The summed E-state index contributed by atoms with van der Waals surface area (Å²) in [6.07, 6.45) is 0. The van der Waals surface area contributed by atoms with E-state index >= 15 is 0 Å². The summed E-state index contributed by atoms with van der Waals surface area (Å²) in [4.78, 5) is 14.9. The number of nitrogen functional groups attached to an aromatic ring is 1. The second kappa shape index (κ2) is 4.85. The molecule has 0 aliphatic carbocycles. The van der Waals surface area contributed by atoms with Gasteiger partial charge in [-0.3, -0.25) is 0 Å². The Balaban J connectivity index is 2.70. The van der Waals surface area contributed by atoms with E-state index in [0.29, 0.717) is 10.6 Å². The summed E-state index contributed by atoms with van der Waals surface area (Å²) >= 11 is 5.74. The Bertz CT molecular complexity index is 657. The monoisotopic (exact) mass is 280 g/mol. The topological polar surface area (TPSA) is 76.2 Å². The molecule has 0 fully saturated rings. The Morgan fingerprint density at radius 3 is 2.47 bits per heavy atom. The van der Waals surface area contributed by atoms with E-state index in [4.69, 9.17) is 22.4 Å². The van der Waals surface area contributed by atoms with E-state index in [1.807, 2.05) is 0 Å². The molecule has 2 aromatic rings. The SMILES string of the molecule is Cc1c(C(=O)O)nc(-c2ccc(Cl)cc2)c(F)c1N. The van der Waals surface area contributed by atoms with Crippen LogP contribution in [0.2, 0.25) is 5.02 Å². The second-order valence-corrected chi connectivity index (χ2v) is 4.41. The van der Waals surface area contributed by atoms with Gasteiger partial charge in [-0.1, -0.05) is 23.7 Å². The number of benzene rings is 1. The molecule has 0 aliphatic heterocycles. The molecule has 1 heterocycles. The first-order valence-corrected chi connectivity index (χ1v) is 5.74. The molecule has 0 bridgehead atoms. The lowest BCUT2D eigenvalue weighted by Gasteiger charge is -2.10. The lowest BCUT2D eigenvalue weighted by atomic mass is 10.1. The summed E-state index contributed by atoms with van der Waals surface area (Å²) in [5.74, 6) is -1.98. The molecule has 1 aromatic heterocycles. The zero-order chi connectivity index (χ0) is 14.2. The molecule has 2 rings (SSSR count). The van der Waals surface area contributed by atoms with E-state index in [9.17, 15) is 9.18 Å². The molecule has 0 spiro atoms. The van der Waals surface area contributed by atoms with Crippen molar-refractivity contribution in [3.8, 4) is 11.3 Å². The predicted octanol–water partition coefficient (Wildman–Crippen LogP) is 3.13. The predicted molar refractivity (Wildman–Crippen MR) is 70.7 cm³/mol. The van der Waals surface area contributed by atoms with Crippen LogP contribution in [0.25, 0.3) is 11.3 Å². The zero-order valence-electron chi connectivity index (χ0n) is 9.95. The minimum absolute atomic E-state index is 0.0998. The van der Waals surface area contributed by atoms with Gasteiger partial charge in [0.2, 0.25) is 0 Å². The van der Waals surface area contributed by atoms with Crippen molar-refractivity contribution in [3.63, 3.8) is 0 Å². The third-order valence-electron chi connectivity index (χ3n) is 2.75. The lowest BCUT2D eigenvalue weighted by Crippen LogP contribution is -2.10. The third kappa shape index (κ3) is 2.37. The van der Waals surface area contributed by atoms with E-state index in [-0.39, 0.29) is 22.6 Å². The van der Waals surface area contributed by atoms with Crippen molar-refractivity contribution in [2.24, 2.45) is 0 Å². The highest BCUT2D eigenvalue weighted by atomic mass is 35.5. The molecule has 3 N–H and O–H groups in total. The van der Waals surface area contributed by atoms with Crippen LogP contribution in [0.3, 0.4) is 0 Å². The summed E-state index contributed by atoms with van der Waals surface area (Å²) in [5.41, 5.74) is 5.54. The van der Waals surface area contributed by atoms with Crippen LogP contribution in [-0.2, 0) is 0 Å². The first-order chi connectivity index (χ1) is 8.91. The van der Waals surface area contributed by atoms with Gasteiger partial charge >= 0.3 is 5.97 Å². The first kappa shape index (κ1) is 13.3. The Labute approximate surface area is 113 Å². The number of aromatic nitrogens is 1.